The molecule has 1 aliphatic rings. The minimum atomic E-state index is -0.311. The number of piperidine rings is 1. The van der Waals surface area contributed by atoms with E-state index in [2.05, 4.69) is 21.2 Å². The molecule has 3 rings (SSSR count). The molecule has 5 heteroatoms. The van der Waals surface area contributed by atoms with Crippen molar-refractivity contribution in [2.45, 2.75) is 25.2 Å². The fraction of sp³-hybridized carbons (Fsp3) is 0.250. The van der Waals surface area contributed by atoms with Gasteiger partial charge < -0.3 is 0 Å². The third-order valence-electron chi connectivity index (χ3n) is 3.75. The third-order valence-corrected chi connectivity index (χ3v) is 6.02. The van der Waals surface area contributed by atoms with E-state index >= 15 is 0 Å². The predicted octanol–water partition coefficient (Wildman–Crippen LogP) is 3.73. The first-order chi connectivity index (χ1) is 10.1. The van der Waals surface area contributed by atoms with Crippen molar-refractivity contribution in [2.24, 2.45) is 0 Å². The van der Waals surface area contributed by atoms with Gasteiger partial charge in [0.2, 0.25) is 11.8 Å². The Bertz CT molecular complexity index is 676. The minimum Gasteiger partial charge on any atom is -0.296 e. The number of hydrogen-bond donors (Lipinski definition) is 1. The summed E-state index contributed by atoms with van der Waals surface area (Å²) in [5, 5.41) is 2.46. The van der Waals surface area contributed by atoms with Crippen LogP contribution in [0.25, 0.3) is 0 Å². The number of rotatable bonds is 2. The summed E-state index contributed by atoms with van der Waals surface area (Å²) in [4.78, 5) is 26.4. The van der Waals surface area contributed by atoms with Crippen LogP contribution in [0.15, 0.2) is 40.9 Å². The standard InChI is InChI=1S/C16H14BrNO2S/c1-9-12(17)8-13(21-9)11-7-14(19)18-16(20)15(11)10-5-3-2-4-6-10/h2-6,8,11,15H,7H2,1H3,(H,18,19,20). The summed E-state index contributed by atoms with van der Waals surface area (Å²) in [5.74, 6) is -0.804. The van der Waals surface area contributed by atoms with Crippen LogP contribution in [-0.4, -0.2) is 11.8 Å². The van der Waals surface area contributed by atoms with Crippen LogP contribution in [0.3, 0.4) is 0 Å². The Morgan fingerprint density at radius 2 is 1.95 bits per heavy atom. The summed E-state index contributed by atoms with van der Waals surface area (Å²) in [6.45, 7) is 2.03. The van der Waals surface area contributed by atoms with Crippen LogP contribution in [0.1, 0.15) is 33.6 Å². The van der Waals surface area contributed by atoms with E-state index in [1.807, 2.05) is 43.3 Å². The van der Waals surface area contributed by atoms with Crippen LogP contribution < -0.4 is 5.32 Å². The quantitative estimate of drug-likeness (QED) is 0.826. The van der Waals surface area contributed by atoms with Crippen molar-refractivity contribution in [3.05, 3.63) is 56.2 Å². The van der Waals surface area contributed by atoms with Gasteiger partial charge >= 0.3 is 0 Å². The molecule has 1 saturated heterocycles. The van der Waals surface area contributed by atoms with Crippen LogP contribution in [0.2, 0.25) is 0 Å². The zero-order chi connectivity index (χ0) is 15.0. The van der Waals surface area contributed by atoms with Crippen molar-refractivity contribution in [1.82, 2.24) is 5.32 Å². The number of amides is 2. The number of imide groups is 1. The molecule has 1 fully saturated rings. The largest absolute Gasteiger partial charge is 0.296 e. The summed E-state index contributed by atoms with van der Waals surface area (Å²) in [5.41, 5.74) is 0.953. The number of thiophene rings is 1. The van der Waals surface area contributed by atoms with Gasteiger partial charge in [-0.25, -0.2) is 0 Å². The Labute approximate surface area is 135 Å². The lowest BCUT2D eigenvalue weighted by atomic mass is 9.79. The molecule has 0 radical (unpaired) electrons. The number of benzene rings is 1. The van der Waals surface area contributed by atoms with Gasteiger partial charge in [-0.1, -0.05) is 30.3 Å². The molecule has 2 aromatic rings. The third kappa shape index (κ3) is 2.80. The predicted molar refractivity (Wildman–Crippen MR) is 86.4 cm³/mol. The van der Waals surface area contributed by atoms with E-state index in [1.54, 1.807) is 11.3 Å². The molecule has 1 aliphatic heterocycles. The van der Waals surface area contributed by atoms with Crippen molar-refractivity contribution in [1.29, 1.82) is 0 Å². The number of aryl methyl sites for hydroxylation is 1. The number of carbonyl (C=O) groups is 2. The lowest BCUT2D eigenvalue weighted by Crippen LogP contribution is -2.43. The van der Waals surface area contributed by atoms with Gasteiger partial charge in [-0.15, -0.1) is 11.3 Å². The number of nitrogens with one attached hydrogen (secondary N) is 1. The molecule has 1 aromatic heterocycles. The smallest absolute Gasteiger partial charge is 0.234 e. The van der Waals surface area contributed by atoms with Crippen LogP contribution in [0.4, 0.5) is 0 Å². The van der Waals surface area contributed by atoms with Gasteiger partial charge in [0.05, 0.1) is 5.92 Å². The first-order valence-electron chi connectivity index (χ1n) is 6.70. The zero-order valence-electron chi connectivity index (χ0n) is 11.4. The van der Waals surface area contributed by atoms with E-state index in [-0.39, 0.29) is 23.7 Å². The minimum absolute atomic E-state index is 0.0938. The van der Waals surface area contributed by atoms with Crippen LogP contribution in [0, 0.1) is 6.92 Å². The summed E-state index contributed by atoms with van der Waals surface area (Å²) in [6.07, 6.45) is 0.345. The summed E-state index contributed by atoms with van der Waals surface area (Å²) in [6, 6.07) is 11.7. The molecule has 1 aromatic carbocycles. The normalized spacial score (nSPS) is 22.2. The molecule has 1 N–H and O–H groups in total. The van der Waals surface area contributed by atoms with E-state index in [9.17, 15) is 9.59 Å². The molecule has 3 nitrogen and oxygen atoms in total. The highest BCUT2D eigenvalue weighted by molar-refractivity contribution is 9.10. The first-order valence-corrected chi connectivity index (χ1v) is 8.31. The average molecular weight is 364 g/mol. The highest BCUT2D eigenvalue weighted by atomic mass is 79.9. The van der Waals surface area contributed by atoms with E-state index in [1.165, 1.54) is 0 Å². The maximum atomic E-state index is 12.3. The van der Waals surface area contributed by atoms with Crippen molar-refractivity contribution >= 4 is 39.1 Å². The molecular formula is C16H14BrNO2S. The molecule has 0 bridgehead atoms. The van der Waals surface area contributed by atoms with E-state index < -0.39 is 0 Å². The molecule has 2 heterocycles. The van der Waals surface area contributed by atoms with Gasteiger partial charge in [-0.2, -0.15) is 0 Å². The summed E-state index contributed by atoms with van der Waals surface area (Å²) >= 11 is 5.16. The van der Waals surface area contributed by atoms with Crippen molar-refractivity contribution in [3.63, 3.8) is 0 Å². The molecule has 2 unspecified atom stereocenters. The van der Waals surface area contributed by atoms with Crippen LogP contribution >= 0.6 is 27.3 Å². The highest BCUT2D eigenvalue weighted by Gasteiger charge is 2.38. The SMILES string of the molecule is Cc1sc(C2CC(=O)NC(=O)C2c2ccccc2)cc1Br. The lowest BCUT2D eigenvalue weighted by molar-refractivity contribution is -0.135. The molecule has 0 spiro atoms. The molecule has 2 atom stereocenters. The van der Waals surface area contributed by atoms with Gasteiger partial charge in [0, 0.05) is 26.6 Å². The lowest BCUT2D eigenvalue weighted by Gasteiger charge is -2.29. The second kappa shape index (κ2) is 5.73. The second-order valence-corrected chi connectivity index (χ2v) is 7.31. The van der Waals surface area contributed by atoms with Crippen molar-refractivity contribution in [3.8, 4) is 0 Å². The maximum Gasteiger partial charge on any atom is 0.234 e. The molecular weight excluding hydrogens is 350 g/mol. The Hall–Kier alpha value is -1.46. The van der Waals surface area contributed by atoms with E-state index in [4.69, 9.17) is 0 Å². The zero-order valence-corrected chi connectivity index (χ0v) is 13.8. The second-order valence-electron chi connectivity index (χ2n) is 5.16. The Morgan fingerprint density at radius 1 is 1.24 bits per heavy atom. The van der Waals surface area contributed by atoms with Gasteiger partial charge in [-0.3, -0.25) is 14.9 Å². The molecule has 0 aliphatic carbocycles. The molecule has 2 amide bonds. The topological polar surface area (TPSA) is 46.2 Å². The van der Waals surface area contributed by atoms with Gasteiger partial charge in [-0.05, 0) is 34.5 Å². The fourth-order valence-electron chi connectivity index (χ4n) is 2.74. The highest BCUT2D eigenvalue weighted by Crippen LogP contribution is 2.42. The molecule has 108 valence electrons. The van der Waals surface area contributed by atoms with E-state index in [0.29, 0.717) is 6.42 Å². The summed E-state index contributed by atoms with van der Waals surface area (Å²) in [7, 11) is 0. The van der Waals surface area contributed by atoms with Gasteiger partial charge in [0.15, 0.2) is 0 Å². The van der Waals surface area contributed by atoms with Crippen molar-refractivity contribution in [2.75, 3.05) is 0 Å². The molecule has 0 saturated carbocycles. The maximum absolute atomic E-state index is 12.3. The monoisotopic (exact) mass is 363 g/mol. The first kappa shape index (κ1) is 14.5. The van der Waals surface area contributed by atoms with Crippen molar-refractivity contribution < 1.29 is 9.59 Å². The van der Waals surface area contributed by atoms with Gasteiger partial charge in [0.1, 0.15) is 0 Å². The Balaban J connectivity index is 2.05. The average Bonchev–Trinajstić information content (AvgIpc) is 2.79. The fourth-order valence-corrected chi connectivity index (χ4v) is 4.44. The number of halogens is 1. The number of hydrogen-bond acceptors (Lipinski definition) is 3. The molecule has 21 heavy (non-hydrogen) atoms. The van der Waals surface area contributed by atoms with Crippen LogP contribution in [-0.2, 0) is 9.59 Å². The van der Waals surface area contributed by atoms with Crippen LogP contribution in [0.5, 0.6) is 0 Å². The Morgan fingerprint density at radius 3 is 2.57 bits per heavy atom. The van der Waals surface area contributed by atoms with E-state index in [0.717, 1.165) is 19.8 Å². The Kier molecular flexibility index (Phi) is 3.95. The summed E-state index contributed by atoms with van der Waals surface area (Å²) < 4.78 is 1.03. The van der Waals surface area contributed by atoms with Gasteiger partial charge in [0.25, 0.3) is 0 Å². The number of carbonyl (C=O) groups excluding carboxylic acids is 2.